The molecule has 4 heteroatoms. The summed E-state index contributed by atoms with van der Waals surface area (Å²) < 4.78 is 5.97. The van der Waals surface area contributed by atoms with Crippen molar-refractivity contribution in [2.75, 3.05) is 19.6 Å². The third kappa shape index (κ3) is 4.62. The van der Waals surface area contributed by atoms with Gasteiger partial charge in [0.2, 0.25) is 0 Å². The molecule has 0 atom stereocenters. The molecule has 2 fully saturated rings. The SMILES string of the molecule is O=C(c1ccc(CN2CCCC2)o1)N(CCc1ccccc1)C1CCCC1. The molecule has 0 spiro atoms. The second-order valence-electron chi connectivity index (χ2n) is 7.92. The lowest BCUT2D eigenvalue weighted by Crippen LogP contribution is -2.40. The molecular weight excluding hydrogens is 336 g/mol. The fourth-order valence-electron chi connectivity index (χ4n) is 4.44. The van der Waals surface area contributed by atoms with Gasteiger partial charge in [-0.15, -0.1) is 0 Å². The highest BCUT2D eigenvalue weighted by Crippen LogP contribution is 2.26. The van der Waals surface area contributed by atoms with E-state index in [0.717, 1.165) is 51.2 Å². The van der Waals surface area contributed by atoms with Gasteiger partial charge in [-0.05, 0) is 62.9 Å². The van der Waals surface area contributed by atoms with Gasteiger partial charge in [0.25, 0.3) is 5.91 Å². The van der Waals surface area contributed by atoms with Gasteiger partial charge >= 0.3 is 0 Å². The van der Waals surface area contributed by atoms with Crippen molar-refractivity contribution in [3.8, 4) is 0 Å². The molecule has 0 N–H and O–H groups in total. The summed E-state index contributed by atoms with van der Waals surface area (Å²) in [6, 6.07) is 14.6. The number of hydrogen-bond donors (Lipinski definition) is 0. The first-order valence-corrected chi connectivity index (χ1v) is 10.5. The second-order valence-corrected chi connectivity index (χ2v) is 7.92. The highest BCUT2D eigenvalue weighted by atomic mass is 16.4. The number of benzene rings is 1. The first-order valence-electron chi connectivity index (χ1n) is 10.5. The Labute approximate surface area is 162 Å². The molecule has 2 heterocycles. The molecule has 144 valence electrons. The zero-order valence-electron chi connectivity index (χ0n) is 16.1. The maximum atomic E-state index is 13.2. The van der Waals surface area contributed by atoms with E-state index in [9.17, 15) is 4.79 Å². The third-order valence-electron chi connectivity index (χ3n) is 5.96. The summed E-state index contributed by atoms with van der Waals surface area (Å²) in [6.07, 6.45) is 8.09. The quantitative estimate of drug-likeness (QED) is 0.724. The zero-order valence-corrected chi connectivity index (χ0v) is 16.1. The number of carbonyl (C=O) groups is 1. The smallest absolute Gasteiger partial charge is 0.289 e. The zero-order chi connectivity index (χ0) is 18.5. The number of carbonyl (C=O) groups excluding carboxylic acids is 1. The number of rotatable bonds is 7. The molecule has 1 aliphatic carbocycles. The van der Waals surface area contributed by atoms with Crippen molar-refractivity contribution in [1.29, 1.82) is 0 Å². The Morgan fingerprint density at radius 3 is 2.48 bits per heavy atom. The molecule has 27 heavy (non-hydrogen) atoms. The van der Waals surface area contributed by atoms with Crippen LogP contribution in [0.5, 0.6) is 0 Å². The van der Waals surface area contributed by atoms with Crippen molar-refractivity contribution >= 4 is 5.91 Å². The molecular formula is C23H30N2O2. The lowest BCUT2D eigenvalue weighted by atomic mass is 10.1. The van der Waals surface area contributed by atoms with Crippen molar-refractivity contribution in [1.82, 2.24) is 9.80 Å². The summed E-state index contributed by atoms with van der Waals surface area (Å²) in [5, 5.41) is 0. The summed E-state index contributed by atoms with van der Waals surface area (Å²) in [5.41, 5.74) is 1.28. The van der Waals surface area contributed by atoms with Gasteiger partial charge in [0.15, 0.2) is 5.76 Å². The van der Waals surface area contributed by atoms with E-state index >= 15 is 0 Å². The van der Waals surface area contributed by atoms with Crippen LogP contribution in [-0.4, -0.2) is 41.4 Å². The second kappa shape index (κ2) is 8.75. The third-order valence-corrected chi connectivity index (χ3v) is 5.96. The molecule has 1 amide bonds. The van der Waals surface area contributed by atoms with Crippen LogP contribution in [0.4, 0.5) is 0 Å². The van der Waals surface area contributed by atoms with Crippen LogP contribution in [0.15, 0.2) is 46.9 Å². The largest absolute Gasteiger partial charge is 0.455 e. The topological polar surface area (TPSA) is 36.7 Å². The van der Waals surface area contributed by atoms with Crippen molar-refractivity contribution in [3.63, 3.8) is 0 Å². The Bertz CT molecular complexity index is 728. The number of amides is 1. The van der Waals surface area contributed by atoms with Gasteiger partial charge in [0.05, 0.1) is 6.54 Å². The predicted molar refractivity (Wildman–Crippen MR) is 107 cm³/mol. The van der Waals surface area contributed by atoms with Gasteiger partial charge in [-0.1, -0.05) is 43.2 Å². The van der Waals surface area contributed by atoms with E-state index in [1.54, 1.807) is 0 Å². The molecule has 1 aromatic carbocycles. The van der Waals surface area contributed by atoms with E-state index in [4.69, 9.17) is 4.42 Å². The lowest BCUT2D eigenvalue weighted by Gasteiger charge is -2.28. The van der Waals surface area contributed by atoms with Gasteiger partial charge in [-0.25, -0.2) is 0 Å². The van der Waals surface area contributed by atoms with Crippen LogP contribution in [0.2, 0.25) is 0 Å². The minimum Gasteiger partial charge on any atom is -0.455 e. The molecule has 4 nitrogen and oxygen atoms in total. The van der Waals surface area contributed by atoms with Gasteiger partial charge in [0, 0.05) is 12.6 Å². The Kier molecular flexibility index (Phi) is 5.93. The van der Waals surface area contributed by atoms with Crippen LogP contribution in [0.1, 0.15) is 60.4 Å². The van der Waals surface area contributed by atoms with Crippen LogP contribution < -0.4 is 0 Å². The molecule has 1 saturated heterocycles. The van der Waals surface area contributed by atoms with Crippen LogP contribution in [-0.2, 0) is 13.0 Å². The van der Waals surface area contributed by atoms with E-state index in [2.05, 4.69) is 34.1 Å². The Balaban J connectivity index is 1.44. The van der Waals surface area contributed by atoms with E-state index in [1.165, 1.54) is 31.2 Å². The molecule has 2 aliphatic rings. The first-order chi connectivity index (χ1) is 13.3. The van der Waals surface area contributed by atoms with Crippen LogP contribution in [0.25, 0.3) is 0 Å². The standard InChI is InChI=1S/C23H30N2O2/c26-23(22-13-12-21(27-22)18-24-15-6-7-16-24)25(20-10-4-5-11-20)17-14-19-8-2-1-3-9-19/h1-3,8-9,12-13,20H,4-7,10-11,14-18H2. The minimum absolute atomic E-state index is 0.0607. The lowest BCUT2D eigenvalue weighted by molar-refractivity contribution is 0.0648. The van der Waals surface area contributed by atoms with Crippen LogP contribution in [0.3, 0.4) is 0 Å². The Hall–Kier alpha value is -2.07. The Morgan fingerprint density at radius 2 is 1.74 bits per heavy atom. The maximum absolute atomic E-state index is 13.2. The number of nitrogens with zero attached hydrogens (tertiary/aromatic N) is 2. The predicted octanol–water partition coefficient (Wildman–Crippen LogP) is 4.50. The van der Waals surface area contributed by atoms with Gasteiger partial charge in [-0.3, -0.25) is 9.69 Å². The molecule has 1 aliphatic heterocycles. The first kappa shape index (κ1) is 18.3. The van der Waals surface area contributed by atoms with Gasteiger partial charge < -0.3 is 9.32 Å². The summed E-state index contributed by atoms with van der Waals surface area (Å²) in [4.78, 5) is 17.7. The van der Waals surface area contributed by atoms with Gasteiger partial charge in [0.1, 0.15) is 5.76 Å². The number of likely N-dealkylation sites (tertiary alicyclic amines) is 1. The van der Waals surface area contributed by atoms with Crippen molar-refractivity contribution in [3.05, 3.63) is 59.5 Å². The molecule has 1 saturated carbocycles. The average molecular weight is 367 g/mol. The van der Waals surface area contributed by atoms with E-state index in [-0.39, 0.29) is 5.91 Å². The van der Waals surface area contributed by atoms with E-state index in [1.807, 2.05) is 18.2 Å². The van der Waals surface area contributed by atoms with Crippen LogP contribution >= 0.6 is 0 Å². The molecule has 0 unspecified atom stereocenters. The van der Waals surface area contributed by atoms with Gasteiger partial charge in [-0.2, -0.15) is 0 Å². The summed E-state index contributed by atoms with van der Waals surface area (Å²) in [7, 11) is 0. The minimum atomic E-state index is 0.0607. The van der Waals surface area contributed by atoms with Crippen molar-refractivity contribution in [2.45, 2.75) is 57.5 Å². The fourth-order valence-corrected chi connectivity index (χ4v) is 4.44. The maximum Gasteiger partial charge on any atom is 0.289 e. The highest BCUT2D eigenvalue weighted by molar-refractivity contribution is 5.91. The van der Waals surface area contributed by atoms with Crippen LogP contribution in [0, 0.1) is 0 Å². The molecule has 2 aromatic rings. The highest BCUT2D eigenvalue weighted by Gasteiger charge is 2.29. The summed E-state index contributed by atoms with van der Waals surface area (Å²) in [5.74, 6) is 1.48. The summed E-state index contributed by atoms with van der Waals surface area (Å²) >= 11 is 0. The Morgan fingerprint density at radius 1 is 1.00 bits per heavy atom. The molecule has 0 radical (unpaired) electrons. The number of furan rings is 1. The molecule has 4 rings (SSSR count). The fraction of sp³-hybridized carbons (Fsp3) is 0.522. The van der Waals surface area contributed by atoms with Crippen molar-refractivity contribution < 1.29 is 9.21 Å². The van der Waals surface area contributed by atoms with Crippen molar-refractivity contribution in [2.24, 2.45) is 0 Å². The van der Waals surface area contributed by atoms with E-state index in [0.29, 0.717) is 11.8 Å². The van der Waals surface area contributed by atoms with E-state index < -0.39 is 0 Å². The summed E-state index contributed by atoms with van der Waals surface area (Å²) in [6.45, 7) is 3.85. The number of hydrogen-bond acceptors (Lipinski definition) is 3. The monoisotopic (exact) mass is 366 g/mol. The molecule has 0 bridgehead atoms. The average Bonchev–Trinajstić information content (AvgIpc) is 3.46. The molecule has 1 aromatic heterocycles. The normalized spacial score (nSPS) is 18.2.